The quantitative estimate of drug-likeness (QED) is 0.921. The van der Waals surface area contributed by atoms with Crippen molar-refractivity contribution in [1.29, 1.82) is 0 Å². The molecule has 1 fully saturated rings. The van der Waals surface area contributed by atoms with Crippen molar-refractivity contribution in [3.05, 3.63) is 41.7 Å². The molecule has 1 aromatic carbocycles. The minimum atomic E-state index is -0.421. The van der Waals surface area contributed by atoms with E-state index in [9.17, 15) is 9.59 Å². The summed E-state index contributed by atoms with van der Waals surface area (Å²) in [5, 5.41) is 2.72. The van der Waals surface area contributed by atoms with E-state index in [2.05, 4.69) is 15.3 Å². The Kier molecular flexibility index (Phi) is 4.65. The van der Waals surface area contributed by atoms with E-state index in [1.165, 1.54) is 25.1 Å². The minimum absolute atomic E-state index is 0.0522. The number of aryl methyl sites for hydroxylation is 2. The van der Waals surface area contributed by atoms with Crippen LogP contribution in [-0.2, 0) is 9.59 Å². The maximum Gasteiger partial charge on any atom is 0.230 e. The van der Waals surface area contributed by atoms with Gasteiger partial charge in [-0.05, 0) is 37.1 Å². The molecule has 0 radical (unpaired) electrons. The number of carbonyl (C=O) groups excluding carboxylic acids is 2. The van der Waals surface area contributed by atoms with Gasteiger partial charge in [-0.3, -0.25) is 9.59 Å². The van der Waals surface area contributed by atoms with Crippen molar-refractivity contribution in [3.63, 3.8) is 0 Å². The summed E-state index contributed by atoms with van der Waals surface area (Å²) in [6.45, 7) is 4.39. The number of rotatable bonds is 4. The van der Waals surface area contributed by atoms with E-state index in [0.717, 1.165) is 11.3 Å². The summed E-state index contributed by atoms with van der Waals surface area (Å²) in [5.41, 5.74) is 3.11. The fourth-order valence-corrected chi connectivity index (χ4v) is 2.77. The Balaban J connectivity index is 1.70. The first-order valence-corrected chi connectivity index (χ1v) is 8.02. The summed E-state index contributed by atoms with van der Waals surface area (Å²) in [5.74, 6) is 0.0117. The smallest absolute Gasteiger partial charge is 0.230 e. The number of amides is 2. The zero-order valence-electron chi connectivity index (χ0n) is 14.4. The maximum atomic E-state index is 12.5. The summed E-state index contributed by atoms with van der Waals surface area (Å²) in [6, 6.07) is 7.41. The van der Waals surface area contributed by atoms with Gasteiger partial charge in [0.25, 0.3) is 0 Å². The van der Waals surface area contributed by atoms with Crippen LogP contribution in [0.15, 0.2) is 30.6 Å². The third kappa shape index (κ3) is 3.60. The lowest BCUT2D eigenvalue weighted by atomic mass is 10.1. The molecule has 1 aromatic heterocycles. The highest BCUT2D eigenvalue weighted by atomic mass is 16.5. The Morgan fingerprint density at radius 3 is 2.76 bits per heavy atom. The molecule has 7 heteroatoms. The van der Waals surface area contributed by atoms with Crippen molar-refractivity contribution in [2.45, 2.75) is 20.3 Å². The van der Waals surface area contributed by atoms with E-state index in [1.54, 1.807) is 4.90 Å². The average Bonchev–Trinajstić information content (AvgIpc) is 2.99. The van der Waals surface area contributed by atoms with Crippen LogP contribution in [0.1, 0.15) is 17.5 Å². The molecule has 1 saturated heterocycles. The van der Waals surface area contributed by atoms with Gasteiger partial charge in [-0.2, -0.15) is 0 Å². The maximum absolute atomic E-state index is 12.5. The number of nitrogens with one attached hydrogen (secondary N) is 1. The lowest BCUT2D eigenvalue weighted by Gasteiger charge is -2.18. The summed E-state index contributed by atoms with van der Waals surface area (Å²) in [7, 11) is 1.49. The highest BCUT2D eigenvalue weighted by Crippen LogP contribution is 2.27. The predicted octanol–water partition coefficient (Wildman–Crippen LogP) is 2.09. The summed E-state index contributed by atoms with van der Waals surface area (Å²) >= 11 is 0. The second-order valence-electron chi connectivity index (χ2n) is 6.11. The first kappa shape index (κ1) is 16.9. The number of benzene rings is 1. The van der Waals surface area contributed by atoms with Gasteiger partial charge in [-0.1, -0.05) is 6.07 Å². The fraction of sp³-hybridized carbons (Fsp3) is 0.333. The Bertz CT molecular complexity index is 822. The lowest BCUT2D eigenvalue weighted by Crippen LogP contribution is -2.28. The number of nitrogens with zero attached hydrogens (tertiary/aromatic N) is 3. The van der Waals surface area contributed by atoms with Gasteiger partial charge in [0.1, 0.15) is 12.1 Å². The molecule has 2 heterocycles. The van der Waals surface area contributed by atoms with E-state index in [1.807, 2.05) is 32.0 Å². The molecule has 1 aliphatic heterocycles. The van der Waals surface area contributed by atoms with Crippen LogP contribution in [0.4, 0.5) is 11.5 Å². The van der Waals surface area contributed by atoms with Crippen molar-refractivity contribution in [2.24, 2.45) is 5.92 Å². The topological polar surface area (TPSA) is 84.4 Å². The van der Waals surface area contributed by atoms with Crippen molar-refractivity contribution in [2.75, 3.05) is 23.9 Å². The molecular weight excluding hydrogens is 320 g/mol. The van der Waals surface area contributed by atoms with Crippen LogP contribution in [0.3, 0.4) is 0 Å². The minimum Gasteiger partial charge on any atom is -0.481 e. The lowest BCUT2D eigenvalue weighted by molar-refractivity contribution is -0.122. The van der Waals surface area contributed by atoms with Crippen LogP contribution < -0.4 is 15.0 Å². The van der Waals surface area contributed by atoms with Crippen molar-refractivity contribution in [1.82, 2.24) is 9.97 Å². The van der Waals surface area contributed by atoms with Crippen LogP contribution in [0.5, 0.6) is 5.88 Å². The van der Waals surface area contributed by atoms with Crippen LogP contribution in [0, 0.1) is 19.8 Å². The third-order valence-electron chi connectivity index (χ3n) is 4.40. The van der Waals surface area contributed by atoms with Crippen molar-refractivity contribution in [3.8, 4) is 5.88 Å². The number of hydrogen-bond acceptors (Lipinski definition) is 5. The first-order valence-electron chi connectivity index (χ1n) is 8.02. The first-order chi connectivity index (χ1) is 12.0. The normalized spacial score (nSPS) is 16.8. The molecule has 0 bridgehead atoms. The SMILES string of the molecule is COc1cc(NC(=O)C2CC(=O)N(c3ccc(C)c(C)c3)C2)ncn1. The number of methoxy groups -OCH3 is 1. The Hall–Kier alpha value is -2.96. The Labute approximate surface area is 146 Å². The van der Waals surface area contributed by atoms with Gasteiger partial charge in [0.15, 0.2) is 0 Å². The third-order valence-corrected chi connectivity index (χ3v) is 4.40. The molecule has 1 N–H and O–H groups in total. The Morgan fingerprint density at radius 1 is 1.24 bits per heavy atom. The number of ether oxygens (including phenoxy) is 1. The highest BCUT2D eigenvalue weighted by Gasteiger charge is 2.35. The van der Waals surface area contributed by atoms with Crippen LogP contribution in [-0.4, -0.2) is 35.4 Å². The molecule has 1 unspecified atom stereocenters. The summed E-state index contributed by atoms with van der Waals surface area (Å²) < 4.78 is 5.01. The molecule has 1 atom stereocenters. The van der Waals surface area contributed by atoms with E-state index in [0.29, 0.717) is 18.2 Å². The number of anilines is 2. The van der Waals surface area contributed by atoms with Crippen LogP contribution >= 0.6 is 0 Å². The molecule has 0 saturated carbocycles. The van der Waals surface area contributed by atoms with E-state index in [-0.39, 0.29) is 18.2 Å². The Morgan fingerprint density at radius 2 is 2.04 bits per heavy atom. The largest absolute Gasteiger partial charge is 0.481 e. The fourth-order valence-electron chi connectivity index (χ4n) is 2.77. The van der Waals surface area contributed by atoms with Crippen molar-refractivity contribution < 1.29 is 14.3 Å². The highest BCUT2D eigenvalue weighted by molar-refractivity contribution is 6.03. The van der Waals surface area contributed by atoms with Crippen molar-refractivity contribution >= 4 is 23.3 Å². The van der Waals surface area contributed by atoms with Crippen LogP contribution in [0.2, 0.25) is 0 Å². The molecule has 2 aromatic rings. The molecular formula is C18H20N4O3. The molecule has 1 aliphatic rings. The molecule has 0 aliphatic carbocycles. The zero-order valence-corrected chi connectivity index (χ0v) is 14.4. The van der Waals surface area contributed by atoms with Crippen LogP contribution in [0.25, 0.3) is 0 Å². The van der Waals surface area contributed by atoms with Gasteiger partial charge in [0.05, 0.1) is 13.0 Å². The monoisotopic (exact) mass is 340 g/mol. The second-order valence-corrected chi connectivity index (χ2v) is 6.11. The van der Waals surface area contributed by atoms with Gasteiger partial charge in [-0.15, -0.1) is 0 Å². The van der Waals surface area contributed by atoms with Gasteiger partial charge in [-0.25, -0.2) is 9.97 Å². The summed E-state index contributed by atoms with van der Waals surface area (Å²) in [6.07, 6.45) is 1.50. The van der Waals surface area contributed by atoms with E-state index >= 15 is 0 Å². The molecule has 0 spiro atoms. The number of carbonyl (C=O) groups is 2. The second kappa shape index (κ2) is 6.88. The average molecular weight is 340 g/mol. The summed E-state index contributed by atoms with van der Waals surface area (Å²) in [4.78, 5) is 34.4. The number of hydrogen-bond donors (Lipinski definition) is 1. The number of aromatic nitrogens is 2. The molecule has 2 amide bonds. The zero-order chi connectivity index (χ0) is 18.0. The van der Waals surface area contributed by atoms with E-state index in [4.69, 9.17) is 4.74 Å². The van der Waals surface area contributed by atoms with Gasteiger partial charge in [0.2, 0.25) is 17.7 Å². The van der Waals surface area contributed by atoms with E-state index < -0.39 is 5.92 Å². The molecule has 130 valence electrons. The molecule has 3 rings (SSSR count). The van der Waals surface area contributed by atoms with Gasteiger partial charge >= 0.3 is 0 Å². The molecule has 25 heavy (non-hydrogen) atoms. The molecule has 7 nitrogen and oxygen atoms in total. The van der Waals surface area contributed by atoms with Gasteiger partial charge in [0, 0.05) is 24.7 Å². The predicted molar refractivity (Wildman–Crippen MR) is 93.6 cm³/mol. The standard InChI is InChI=1S/C18H20N4O3/c1-11-4-5-14(6-12(11)2)22-9-13(7-17(22)23)18(24)21-15-8-16(25-3)20-10-19-15/h4-6,8,10,13H,7,9H2,1-3H3,(H,19,20,21,24). The van der Waals surface area contributed by atoms with Gasteiger partial charge < -0.3 is 15.0 Å².